The van der Waals surface area contributed by atoms with E-state index in [0.29, 0.717) is 6.61 Å². The van der Waals surface area contributed by atoms with Crippen LogP contribution >= 0.6 is 0 Å². The number of carbonyl (C=O) groups is 1. The third-order valence-electron chi connectivity index (χ3n) is 5.46. The number of amides is 1. The molecule has 0 fully saturated rings. The summed E-state index contributed by atoms with van der Waals surface area (Å²) in [5.74, 6) is 0.873. The summed E-state index contributed by atoms with van der Waals surface area (Å²) < 4.78 is 5.69. The highest BCUT2D eigenvalue weighted by molar-refractivity contribution is 5.86. The number of hydrogen-bond acceptors (Lipinski definition) is 3. The zero-order valence-electron chi connectivity index (χ0n) is 16.3. The van der Waals surface area contributed by atoms with Gasteiger partial charge in [-0.3, -0.25) is 10.1 Å². The molecule has 0 aromatic heterocycles. The van der Waals surface area contributed by atoms with Gasteiger partial charge in [0.15, 0.2) is 0 Å². The van der Waals surface area contributed by atoms with Gasteiger partial charge in [-0.25, -0.2) is 0 Å². The second-order valence-corrected chi connectivity index (χ2v) is 7.41. The predicted molar refractivity (Wildman–Crippen MR) is 112 cm³/mol. The van der Waals surface area contributed by atoms with Gasteiger partial charge in [0.25, 0.3) is 0 Å². The van der Waals surface area contributed by atoms with Crippen LogP contribution in [0.25, 0.3) is 10.8 Å². The minimum Gasteiger partial charge on any atom is -0.493 e. The van der Waals surface area contributed by atoms with Crippen molar-refractivity contribution < 1.29 is 9.53 Å². The van der Waals surface area contributed by atoms with Gasteiger partial charge < -0.3 is 10.1 Å². The molecule has 2 N–H and O–H groups in total. The molecule has 1 aliphatic rings. The van der Waals surface area contributed by atoms with Gasteiger partial charge in [0.1, 0.15) is 5.75 Å². The smallest absolute Gasteiger partial charge is 0.237 e. The van der Waals surface area contributed by atoms with Crippen molar-refractivity contribution in [1.29, 1.82) is 0 Å². The highest BCUT2D eigenvalue weighted by Crippen LogP contribution is 2.31. The summed E-state index contributed by atoms with van der Waals surface area (Å²) in [5.41, 5.74) is 2.26. The molecule has 0 radical (unpaired) electrons. The maximum Gasteiger partial charge on any atom is 0.237 e. The Hall–Kier alpha value is -2.85. The fraction of sp³-hybridized carbons (Fsp3) is 0.292. The first kappa shape index (κ1) is 18.5. The molecule has 1 amide bonds. The van der Waals surface area contributed by atoms with E-state index in [1.165, 1.54) is 16.3 Å². The SMILES string of the molecule is CC(NC(C)c1cccc2ccccc12)C(=O)NC1CCOc2ccccc21. The molecule has 0 bridgehead atoms. The molecule has 1 heterocycles. The lowest BCUT2D eigenvalue weighted by Crippen LogP contribution is -2.45. The van der Waals surface area contributed by atoms with E-state index < -0.39 is 0 Å². The molecular formula is C24H26N2O2. The molecule has 4 nitrogen and oxygen atoms in total. The average molecular weight is 374 g/mol. The van der Waals surface area contributed by atoms with Gasteiger partial charge >= 0.3 is 0 Å². The summed E-state index contributed by atoms with van der Waals surface area (Å²) in [6.07, 6.45) is 0.786. The maximum absolute atomic E-state index is 12.8. The summed E-state index contributed by atoms with van der Waals surface area (Å²) >= 11 is 0. The summed E-state index contributed by atoms with van der Waals surface area (Å²) in [5, 5.41) is 9.08. The molecule has 0 aliphatic carbocycles. The van der Waals surface area contributed by atoms with E-state index in [0.717, 1.165) is 17.7 Å². The van der Waals surface area contributed by atoms with E-state index in [1.807, 2.05) is 37.3 Å². The van der Waals surface area contributed by atoms with Crippen LogP contribution in [0.2, 0.25) is 0 Å². The normalized spacial score (nSPS) is 18.0. The lowest BCUT2D eigenvalue weighted by atomic mass is 9.98. The molecule has 0 saturated heterocycles. The summed E-state index contributed by atoms with van der Waals surface area (Å²) in [4.78, 5) is 12.8. The topological polar surface area (TPSA) is 50.4 Å². The Bertz CT molecular complexity index is 980. The van der Waals surface area contributed by atoms with Crippen LogP contribution in [0.1, 0.15) is 43.5 Å². The number of carbonyl (C=O) groups excluding carboxylic acids is 1. The first-order valence-corrected chi connectivity index (χ1v) is 9.89. The number of nitrogens with one attached hydrogen (secondary N) is 2. The van der Waals surface area contributed by atoms with Crippen LogP contribution in [0.3, 0.4) is 0 Å². The molecule has 4 heteroatoms. The van der Waals surface area contributed by atoms with Crippen molar-refractivity contribution in [3.8, 4) is 5.75 Å². The van der Waals surface area contributed by atoms with Crippen molar-refractivity contribution in [2.75, 3.05) is 6.61 Å². The van der Waals surface area contributed by atoms with Gasteiger partial charge in [0.05, 0.1) is 18.7 Å². The van der Waals surface area contributed by atoms with Gasteiger partial charge in [0.2, 0.25) is 5.91 Å². The Morgan fingerprint density at radius 2 is 1.75 bits per heavy atom. The summed E-state index contributed by atoms with van der Waals surface area (Å²) in [6.45, 7) is 4.65. The molecule has 1 aliphatic heterocycles. The van der Waals surface area contributed by atoms with E-state index in [1.54, 1.807) is 0 Å². The highest BCUT2D eigenvalue weighted by atomic mass is 16.5. The quantitative estimate of drug-likeness (QED) is 0.690. The van der Waals surface area contributed by atoms with E-state index in [2.05, 4.69) is 54.0 Å². The van der Waals surface area contributed by atoms with Crippen LogP contribution in [0, 0.1) is 0 Å². The lowest BCUT2D eigenvalue weighted by molar-refractivity contribution is -0.123. The second kappa shape index (κ2) is 8.03. The molecule has 144 valence electrons. The van der Waals surface area contributed by atoms with Gasteiger partial charge in [-0.05, 0) is 36.2 Å². The van der Waals surface area contributed by atoms with E-state index in [9.17, 15) is 4.79 Å². The Labute approximate surface area is 165 Å². The summed E-state index contributed by atoms with van der Waals surface area (Å²) in [6, 6.07) is 22.3. The van der Waals surface area contributed by atoms with Crippen molar-refractivity contribution in [2.45, 2.75) is 38.4 Å². The molecule has 3 atom stereocenters. The molecule has 3 aromatic rings. The number of benzene rings is 3. The fourth-order valence-corrected chi connectivity index (χ4v) is 3.96. The Morgan fingerprint density at radius 1 is 1.00 bits per heavy atom. The Kier molecular flexibility index (Phi) is 5.31. The molecule has 28 heavy (non-hydrogen) atoms. The maximum atomic E-state index is 12.8. The highest BCUT2D eigenvalue weighted by Gasteiger charge is 2.25. The van der Waals surface area contributed by atoms with Gasteiger partial charge in [-0.1, -0.05) is 60.7 Å². The third-order valence-corrected chi connectivity index (χ3v) is 5.46. The summed E-state index contributed by atoms with van der Waals surface area (Å²) in [7, 11) is 0. The van der Waals surface area contributed by atoms with Crippen LogP contribution in [0.4, 0.5) is 0 Å². The van der Waals surface area contributed by atoms with Gasteiger partial charge in [0, 0.05) is 18.0 Å². The zero-order chi connectivity index (χ0) is 19.5. The van der Waals surface area contributed by atoms with Crippen LogP contribution in [-0.4, -0.2) is 18.6 Å². The van der Waals surface area contributed by atoms with Crippen molar-refractivity contribution in [2.24, 2.45) is 0 Å². The Morgan fingerprint density at radius 3 is 2.64 bits per heavy atom. The zero-order valence-corrected chi connectivity index (χ0v) is 16.3. The number of hydrogen-bond donors (Lipinski definition) is 2. The van der Waals surface area contributed by atoms with E-state index in [-0.39, 0.29) is 24.0 Å². The minimum absolute atomic E-state index is 0.00504. The average Bonchev–Trinajstić information content (AvgIpc) is 2.73. The fourth-order valence-electron chi connectivity index (χ4n) is 3.96. The molecule has 4 rings (SSSR count). The van der Waals surface area contributed by atoms with Crippen LogP contribution in [-0.2, 0) is 4.79 Å². The van der Waals surface area contributed by atoms with E-state index >= 15 is 0 Å². The van der Waals surface area contributed by atoms with Gasteiger partial charge in [-0.15, -0.1) is 0 Å². The molecule has 0 saturated carbocycles. The Balaban J connectivity index is 1.45. The molecular weight excluding hydrogens is 348 g/mol. The third kappa shape index (κ3) is 3.73. The predicted octanol–water partition coefficient (Wildman–Crippen LogP) is 4.52. The van der Waals surface area contributed by atoms with Crippen LogP contribution < -0.4 is 15.4 Å². The van der Waals surface area contributed by atoms with Crippen molar-refractivity contribution in [3.05, 3.63) is 77.9 Å². The first-order valence-electron chi connectivity index (χ1n) is 9.89. The second-order valence-electron chi connectivity index (χ2n) is 7.41. The van der Waals surface area contributed by atoms with Crippen molar-refractivity contribution in [3.63, 3.8) is 0 Å². The first-order chi connectivity index (χ1) is 13.6. The number of para-hydroxylation sites is 1. The molecule has 3 unspecified atom stereocenters. The number of rotatable bonds is 5. The minimum atomic E-state index is -0.302. The number of ether oxygens (including phenoxy) is 1. The molecule has 0 spiro atoms. The van der Waals surface area contributed by atoms with Crippen LogP contribution in [0.5, 0.6) is 5.75 Å². The van der Waals surface area contributed by atoms with Crippen LogP contribution in [0.15, 0.2) is 66.7 Å². The van der Waals surface area contributed by atoms with Gasteiger partial charge in [-0.2, -0.15) is 0 Å². The lowest BCUT2D eigenvalue weighted by Gasteiger charge is -2.28. The number of fused-ring (bicyclic) bond motifs is 2. The monoisotopic (exact) mass is 374 g/mol. The van der Waals surface area contributed by atoms with Crippen molar-refractivity contribution in [1.82, 2.24) is 10.6 Å². The largest absolute Gasteiger partial charge is 0.493 e. The standard InChI is InChI=1S/C24H26N2O2/c1-16(19-12-7-9-18-8-3-4-10-20(18)19)25-17(2)24(27)26-22-14-15-28-23-13-6-5-11-21(22)23/h3-13,16-17,22,25H,14-15H2,1-2H3,(H,26,27). The van der Waals surface area contributed by atoms with Crippen molar-refractivity contribution >= 4 is 16.7 Å². The van der Waals surface area contributed by atoms with E-state index in [4.69, 9.17) is 4.74 Å². The molecule has 3 aromatic carbocycles.